The molecule has 0 atom stereocenters. The Labute approximate surface area is 143 Å². The van der Waals surface area contributed by atoms with Crippen molar-refractivity contribution < 1.29 is 22.8 Å². The van der Waals surface area contributed by atoms with Crippen LogP contribution in [0.15, 0.2) is 29.4 Å². The molecular formula is C17H20F3N3O2. The van der Waals surface area contributed by atoms with E-state index in [0.717, 1.165) is 32.1 Å². The van der Waals surface area contributed by atoms with Crippen LogP contribution in [0, 0.1) is 5.92 Å². The summed E-state index contributed by atoms with van der Waals surface area (Å²) < 4.78 is 36.6. The Morgan fingerprint density at radius 3 is 2.24 bits per heavy atom. The predicted molar refractivity (Wildman–Crippen MR) is 88.1 cm³/mol. The fourth-order valence-corrected chi connectivity index (χ4v) is 2.66. The van der Waals surface area contributed by atoms with Crippen LogP contribution in [0.25, 0.3) is 0 Å². The Hall–Kier alpha value is -2.38. The Morgan fingerprint density at radius 1 is 1.08 bits per heavy atom. The van der Waals surface area contributed by atoms with Gasteiger partial charge in [-0.15, -0.1) is 0 Å². The minimum atomic E-state index is -4.93. The predicted octanol–water partition coefficient (Wildman–Crippen LogP) is 3.61. The maximum absolute atomic E-state index is 12.2. The van der Waals surface area contributed by atoms with Crippen LogP contribution in [0.2, 0.25) is 0 Å². The van der Waals surface area contributed by atoms with Gasteiger partial charge in [-0.3, -0.25) is 9.59 Å². The summed E-state index contributed by atoms with van der Waals surface area (Å²) in [6, 6.07) is 5.75. The number of anilines is 1. The number of alkyl halides is 3. The van der Waals surface area contributed by atoms with Gasteiger partial charge in [-0.05, 0) is 37.5 Å². The van der Waals surface area contributed by atoms with Gasteiger partial charge in [0.2, 0.25) is 5.91 Å². The first-order chi connectivity index (χ1) is 11.8. The first-order valence-electron chi connectivity index (χ1n) is 8.10. The molecule has 0 spiro atoms. The van der Waals surface area contributed by atoms with Crippen LogP contribution < -0.4 is 10.7 Å². The number of halogens is 3. The first-order valence-corrected chi connectivity index (χ1v) is 8.10. The van der Waals surface area contributed by atoms with Crippen LogP contribution >= 0.6 is 0 Å². The second-order valence-corrected chi connectivity index (χ2v) is 6.04. The number of amides is 2. The molecule has 1 aliphatic rings. The second-order valence-electron chi connectivity index (χ2n) is 6.04. The Kier molecular flexibility index (Phi) is 6.17. The van der Waals surface area contributed by atoms with Crippen LogP contribution in [0.3, 0.4) is 0 Å². The monoisotopic (exact) mass is 355 g/mol. The molecule has 5 nitrogen and oxygen atoms in total. The molecule has 0 bridgehead atoms. The zero-order valence-electron chi connectivity index (χ0n) is 13.8. The van der Waals surface area contributed by atoms with Gasteiger partial charge in [-0.1, -0.05) is 31.4 Å². The van der Waals surface area contributed by atoms with Crippen molar-refractivity contribution in [3.63, 3.8) is 0 Å². The van der Waals surface area contributed by atoms with Crippen molar-refractivity contribution in [2.24, 2.45) is 11.0 Å². The Balaban J connectivity index is 1.94. The minimum absolute atomic E-state index is 0.00902. The van der Waals surface area contributed by atoms with Crippen molar-refractivity contribution in [1.82, 2.24) is 5.43 Å². The highest BCUT2D eigenvalue weighted by Crippen LogP contribution is 2.23. The van der Waals surface area contributed by atoms with Crippen LogP contribution in [0.5, 0.6) is 0 Å². The van der Waals surface area contributed by atoms with E-state index in [-0.39, 0.29) is 17.5 Å². The maximum atomic E-state index is 12.2. The number of hydrogen-bond acceptors (Lipinski definition) is 3. The molecule has 1 aliphatic carbocycles. The molecule has 0 unspecified atom stereocenters. The highest BCUT2D eigenvalue weighted by molar-refractivity contribution is 6.00. The van der Waals surface area contributed by atoms with Gasteiger partial charge in [0.1, 0.15) is 0 Å². The standard InChI is InChI=1S/C17H20F3N3O2/c1-11(22-23-15(24)13-5-3-2-4-6-13)12-7-9-14(10-8-12)21-16(25)17(18,19)20/h7-10,13H,2-6H2,1H3,(H,21,25)(H,23,24). The molecule has 1 aromatic carbocycles. The zero-order valence-corrected chi connectivity index (χ0v) is 13.8. The average molecular weight is 355 g/mol. The number of nitrogens with zero attached hydrogens (tertiary/aromatic N) is 1. The van der Waals surface area contributed by atoms with E-state index in [1.807, 2.05) is 0 Å². The zero-order chi connectivity index (χ0) is 18.4. The lowest BCUT2D eigenvalue weighted by Crippen LogP contribution is -2.30. The summed E-state index contributed by atoms with van der Waals surface area (Å²) in [6.07, 6.45) is 0.0581. The van der Waals surface area contributed by atoms with E-state index in [9.17, 15) is 22.8 Å². The van der Waals surface area contributed by atoms with E-state index in [4.69, 9.17) is 0 Å². The number of hydrogen-bond donors (Lipinski definition) is 2. The SMILES string of the molecule is CC(=NNC(=O)C1CCCCC1)c1ccc(NC(=O)C(F)(F)F)cc1. The van der Waals surface area contributed by atoms with Crippen LogP contribution in [0.4, 0.5) is 18.9 Å². The molecule has 8 heteroatoms. The summed E-state index contributed by atoms with van der Waals surface area (Å²) in [5, 5.41) is 5.82. The summed E-state index contributed by atoms with van der Waals surface area (Å²) in [5.74, 6) is -2.14. The molecule has 0 aliphatic heterocycles. The van der Waals surface area contributed by atoms with Gasteiger partial charge < -0.3 is 5.32 Å². The maximum Gasteiger partial charge on any atom is 0.471 e. The average Bonchev–Trinajstić information content (AvgIpc) is 2.60. The molecular weight excluding hydrogens is 335 g/mol. The quantitative estimate of drug-likeness (QED) is 0.640. The lowest BCUT2D eigenvalue weighted by Gasteiger charge is -2.19. The van der Waals surface area contributed by atoms with E-state index in [2.05, 4.69) is 10.5 Å². The Morgan fingerprint density at radius 2 is 1.68 bits per heavy atom. The minimum Gasteiger partial charge on any atom is -0.318 e. The number of carbonyl (C=O) groups excluding carboxylic acids is 2. The molecule has 2 rings (SSSR count). The molecule has 0 heterocycles. The summed E-state index contributed by atoms with van der Waals surface area (Å²) in [5.41, 5.74) is 3.74. The smallest absolute Gasteiger partial charge is 0.318 e. The van der Waals surface area contributed by atoms with E-state index >= 15 is 0 Å². The number of rotatable bonds is 4. The Bertz CT molecular complexity index is 648. The third-order valence-corrected chi connectivity index (χ3v) is 4.13. The molecule has 2 N–H and O–H groups in total. The third-order valence-electron chi connectivity index (χ3n) is 4.13. The number of hydrazone groups is 1. The van der Waals surface area contributed by atoms with Gasteiger partial charge in [0.15, 0.2) is 0 Å². The van der Waals surface area contributed by atoms with Gasteiger partial charge in [-0.25, -0.2) is 5.43 Å². The fourth-order valence-electron chi connectivity index (χ4n) is 2.66. The summed E-state index contributed by atoms with van der Waals surface area (Å²) in [7, 11) is 0. The summed E-state index contributed by atoms with van der Waals surface area (Å²) >= 11 is 0. The van der Waals surface area contributed by atoms with Crippen molar-refractivity contribution in [2.75, 3.05) is 5.32 Å². The van der Waals surface area contributed by atoms with E-state index in [1.54, 1.807) is 12.2 Å². The lowest BCUT2D eigenvalue weighted by molar-refractivity contribution is -0.167. The second kappa shape index (κ2) is 8.13. The topological polar surface area (TPSA) is 70.6 Å². The van der Waals surface area contributed by atoms with Gasteiger partial charge in [0.25, 0.3) is 0 Å². The highest BCUT2D eigenvalue weighted by Gasteiger charge is 2.38. The molecule has 2 amide bonds. The summed E-state index contributed by atoms with van der Waals surface area (Å²) in [4.78, 5) is 22.9. The third kappa shape index (κ3) is 5.58. The number of benzene rings is 1. The molecule has 136 valence electrons. The van der Waals surface area contributed by atoms with Gasteiger partial charge in [0, 0.05) is 11.6 Å². The number of carbonyl (C=O) groups is 2. The molecule has 1 saturated carbocycles. The molecule has 1 fully saturated rings. The lowest BCUT2D eigenvalue weighted by atomic mass is 9.89. The molecule has 1 aromatic rings. The van der Waals surface area contributed by atoms with Gasteiger partial charge in [-0.2, -0.15) is 18.3 Å². The molecule has 25 heavy (non-hydrogen) atoms. The van der Waals surface area contributed by atoms with Crippen molar-refractivity contribution in [3.8, 4) is 0 Å². The van der Waals surface area contributed by atoms with Crippen molar-refractivity contribution >= 4 is 23.2 Å². The highest BCUT2D eigenvalue weighted by atomic mass is 19.4. The van der Waals surface area contributed by atoms with Crippen molar-refractivity contribution in [3.05, 3.63) is 29.8 Å². The van der Waals surface area contributed by atoms with Gasteiger partial charge in [0.05, 0.1) is 5.71 Å². The van der Waals surface area contributed by atoms with E-state index in [0.29, 0.717) is 11.3 Å². The molecule has 0 aromatic heterocycles. The molecule has 0 saturated heterocycles. The van der Waals surface area contributed by atoms with E-state index < -0.39 is 12.1 Å². The fraction of sp³-hybridized carbons (Fsp3) is 0.471. The van der Waals surface area contributed by atoms with Crippen molar-refractivity contribution in [2.45, 2.75) is 45.2 Å². The van der Waals surface area contributed by atoms with Gasteiger partial charge >= 0.3 is 12.1 Å². The van der Waals surface area contributed by atoms with Crippen LogP contribution in [-0.2, 0) is 9.59 Å². The van der Waals surface area contributed by atoms with Crippen LogP contribution in [0.1, 0.15) is 44.6 Å². The number of nitrogens with one attached hydrogen (secondary N) is 2. The first kappa shape index (κ1) is 19.0. The van der Waals surface area contributed by atoms with Crippen LogP contribution in [-0.4, -0.2) is 23.7 Å². The normalized spacial score (nSPS) is 16.4. The van der Waals surface area contributed by atoms with E-state index in [1.165, 1.54) is 24.3 Å². The largest absolute Gasteiger partial charge is 0.471 e. The molecule has 0 radical (unpaired) electrons. The summed E-state index contributed by atoms with van der Waals surface area (Å²) in [6.45, 7) is 1.68. The van der Waals surface area contributed by atoms with Crippen molar-refractivity contribution in [1.29, 1.82) is 0 Å².